The van der Waals surface area contributed by atoms with Crippen LogP contribution in [0.1, 0.15) is 49.8 Å². The highest BCUT2D eigenvalue weighted by molar-refractivity contribution is 7.09. The number of thiophene rings is 1. The van der Waals surface area contributed by atoms with Crippen molar-refractivity contribution >= 4 is 17.1 Å². The van der Waals surface area contributed by atoms with Crippen LogP contribution in [-0.2, 0) is 11.2 Å². The zero-order chi connectivity index (χ0) is 11.2. The van der Waals surface area contributed by atoms with Crippen molar-refractivity contribution in [3.05, 3.63) is 22.4 Å². The van der Waals surface area contributed by atoms with Gasteiger partial charge in [0.25, 0.3) is 0 Å². The zero-order valence-corrected chi connectivity index (χ0v) is 10.6. The van der Waals surface area contributed by atoms with E-state index in [0.717, 1.165) is 31.6 Å². The second kappa shape index (κ2) is 6.19. The van der Waals surface area contributed by atoms with Crippen LogP contribution in [0.3, 0.4) is 0 Å². The summed E-state index contributed by atoms with van der Waals surface area (Å²) in [5, 5.41) is 2.08. The van der Waals surface area contributed by atoms with Gasteiger partial charge in [0.1, 0.15) is 5.78 Å². The lowest BCUT2D eigenvalue weighted by Gasteiger charge is -2.07. The Morgan fingerprint density at radius 2 is 2.12 bits per heavy atom. The lowest BCUT2D eigenvalue weighted by Crippen LogP contribution is -2.03. The summed E-state index contributed by atoms with van der Waals surface area (Å²) >= 11 is 1.76. The third kappa shape index (κ3) is 3.75. The first-order chi connectivity index (χ1) is 7.84. The Kier molecular flexibility index (Phi) is 4.58. The van der Waals surface area contributed by atoms with Gasteiger partial charge in [-0.2, -0.15) is 0 Å². The smallest absolute Gasteiger partial charge is 0.133 e. The van der Waals surface area contributed by atoms with Gasteiger partial charge in [-0.25, -0.2) is 0 Å². The molecule has 88 valence electrons. The molecule has 0 saturated heterocycles. The van der Waals surface area contributed by atoms with Crippen molar-refractivity contribution in [3.63, 3.8) is 0 Å². The number of hydrogen-bond acceptors (Lipinski definition) is 2. The fourth-order valence-electron chi connectivity index (χ4n) is 2.51. The number of aryl methyl sites for hydroxylation is 1. The molecule has 1 aromatic heterocycles. The molecule has 1 fully saturated rings. The van der Waals surface area contributed by atoms with Crippen LogP contribution >= 0.6 is 11.3 Å². The molecular formula is C14H20OS. The number of rotatable bonds is 6. The summed E-state index contributed by atoms with van der Waals surface area (Å²) in [6.45, 7) is 0. The average Bonchev–Trinajstić information content (AvgIpc) is 2.96. The zero-order valence-electron chi connectivity index (χ0n) is 9.78. The number of Topliss-reactive ketones (excluding diaryl/α,β-unsaturated/α-hetero) is 1. The maximum Gasteiger partial charge on any atom is 0.133 e. The van der Waals surface area contributed by atoms with Crippen LogP contribution in [0.5, 0.6) is 0 Å². The van der Waals surface area contributed by atoms with Crippen LogP contribution in [0.15, 0.2) is 17.5 Å². The van der Waals surface area contributed by atoms with Crippen LogP contribution in [0, 0.1) is 5.92 Å². The maximum absolute atomic E-state index is 11.7. The molecule has 1 saturated carbocycles. The first-order valence-corrected chi connectivity index (χ1v) is 7.26. The van der Waals surface area contributed by atoms with Gasteiger partial charge in [-0.3, -0.25) is 4.79 Å². The number of hydrogen-bond donors (Lipinski definition) is 0. The van der Waals surface area contributed by atoms with E-state index < -0.39 is 0 Å². The molecule has 1 nitrogen and oxygen atoms in total. The summed E-state index contributed by atoms with van der Waals surface area (Å²) in [6, 6.07) is 4.18. The highest BCUT2D eigenvalue weighted by atomic mass is 32.1. The monoisotopic (exact) mass is 236 g/mol. The maximum atomic E-state index is 11.7. The van der Waals surface area contributed by atoms with Gasteiger partial charge in [-0.05, 0) is 30.2 Å². The predicted octanol–water partition coefficient (Wildman–Crippen LogP) is 4.22. The van der Waals surface area contributed by atoms with Gasteiger partial charge in [0.2, 0.25) is 0 Å². The second-order valence-corrected chi connectivity index (χ2v) is 5.84. The summed E-state index contributed by atoms with van der Waals surface area (Å²) < 4.78 is 0. The first kappa shape index (κ1) is 11.8. The van der Waals surface area contributed by atoms with E-state index >= 15 is 0 Å². The van der Waals surface area contributed by atoms with Crippen molar-refractivity contribution in [2.45, 2.75) is 51.4 Å². The van der Waals surface area contributed by atoms with E-state index in [-0.39, 0.29) is 0 Å². The van der Waals surface area contributed by atoms with Crippen molar-refractivity contribution in [3.8, 4) is 0 Å². The molecule has 2 heteroatoms. The first-order valence-electron chi connectivity index (χ1n) is 6.38. The van der Waals surface area contributed by atoms with Crippen LogP contribution < -0.4 is 0 Å². The van der Waals surface area contributed by atoms with Crippen molar-refractivity contribution < 1.29 is 4.79 Å². The third-order valence-corrected chi connectivity index (χ3v) is 4.47. The molecule has 0 radical (unpaired) electrons. The lowest BCUT2D eigenvalue weighted by molar-refractivity contribution is -0.119. The van der Waals surface area contributed by atoms with Gasteiger partial charge in [0, 0.05) is 17.7 Å². The normalized spacial score (nSPS) is 16.8. The molecule has 0 amide bonds. The van der Waals surface area contributed by atoms with Crippen LogP contribution in [-0.4, -0.2) is 5.78 Å². The molecule has 0 atom stereocenters. The van der Waals surface area contributed by atoms with E-state index in [1.807, 2.05) is 0 Å². The van der Waals surface area contributed by atoms with Crippen LogP contribution in [0.4, 0.5) is 0 Å². The quantitative estimate of drug-likeness (QED) is 0.722. The van der Waals surface area contributed by atoms with E-state index in [4.69, 9.17) is 0 Å². The molecule has 16 heavy (non-hydrogen) atoms. The Bertz CT molecular complexity index is 309. The fourth-order valence-corrected chi connectivity index (χ4v) is 3.22. The van der Waals surface area contributed by atoms with Crippen molar-refractivity contribution in [1.29, 1.82) is 0 Å². The molecule has 0 aliphatic heterocycles. The summed E-state index contributed by atoms with van der Waals surface area (Å²) in [7, 11) is 0. The molecule has 0 N–H and O–H groups in total. The van der Waals surface area contributed by atoms with E-state index in [0.29, 0.717) is 5.78 Å². The van der Waals surface area contributed by atoms with Crippen LogP contribution in [0.2, 0.25) is 0 Å². The Morgan fingerprint density at radius 3 is 2.81 bits per heavy atom. The van der Waals surface area contributed by atoms with E-state index in [1.165, 1.54) is 30.6 Å². The number of carbonyl (C=O) groups excluding carboxylic acids is 1. The van der Waals surface area contributed by atoms with E-state index in [2.05, 4.69) is 17.5 Å². The summed E-state index contributed by atoms with van der Waals surface area (Å²) in [5.74, 6) is 1.31. The van der Waals surface area contributed by atoms with Gasteiger partial charge in [-0.15, -0.1) is 11.3 Å². The minimum atomic E-state index is 0.459. The molecule has 0 spiro atoms. The van der Waals surface area contributed by atoms with Gasteiger partial charge in [0.05, 0.1) is 0 Å². The van der Waals surface area contributed by atoms with Crippen molar-refractivity contribution in [2.75, 3.05) is 0 Å². The highest BCUT2D eigenvalue weighted by Gasteiger charge is 2.15. The number of ketones is 1. The van der Waals surface area contributed by atoms with Crippen molar-refractivity contribution in [1.82, 2.24) is 0 Å². The van der Waals surface area contributed by atoms with Gasteiger partial charge in [-0.1, -0.05) is 31.7 Å². The van der Waals surface area contributed by atoms with Crippen LogP contribution in [0.25, 0.3) is 0 Å². The van der Waals surface area contributed by atoms with E-state index in [9.17, 15) is 4.79 Å². The predicted molar refractivity (Wildman–Crippen MR) is 68.8 cm³/mol. The second-order valence-electron chi connectivity index (χ2n) is 4.81. The van der Waals surface area contributed by atoms with E-state index in [1.54, 1.807) is 11.3 Å². The molecule has 1 heterocycles. The van der Waals surface area contributed by atoms with Gasteiger partial charge < -0.3 is 0 Å². The summed E-state index contributed by atoms with van der Waals surface area (Å²) in [4.78, 5) is 13.0. The minimum Gasteiger partial charge on any atom is -0.300 e. The minimum absolute atomic E-state index is 0.459. The topological polar surface area (TPSA) is 17.1 Å². The lowest BCUT2D eigenvalue weighted by atomic mass is 9.99. The molecule has 1 aliphatic rings. The molecule has 2 rings (SSSR count). The molecule has 1 aliphatic carbocycles. The molecule has 1 aromatic rings. The molecule has 0 aromatic carbocycles. The largest absolute Gasteiger partial charge is 0.300 e. The Labute approximate surface area is 102 Å². The Hall–Kier alpha value is -0.630. The summed E-state index contributed by atoms with van der Waals surface area (Å²) in [6.07, 6.45) is 9.13. The SMILES string of the molecule is O=C(CCc1cccs1)CCC1CCCC1. The average molecular weight is 236 g/mol. The fraction of sp³-hybridized carbons (Fsp3) is 0.643. The summed E-state index contributed by atoms with van der Waals surface area (Å²) in [5.41, 5.74) is 0. The third-order valence-electron chi connectivity index (χ3n) is 3.54. The highest BCUT2D eigenvalue weighted by Crippen LogP contribution is 2.28. The van der Waals surface area contributed by atoms with Gasteiger partial charge >= 0.3 is 0 Å². The Morgan fingerprint density at radius 1 is 1.31 bits per heavy atom. The molecule has 0 unspecified atom stereocenters. The molecular weight excluding hydrogens is 216 g/mol. The molecule has 0 bridgehead atoms. The standard InChI is InChI=1S/C14H20OS/c15-13(8-7-12-4-1-2-5-12)9-10-14-6-3-11-16-14/h3,6,11-12H,1-2,4-5,7-10H2. The number of carbonyl (C=O) groups is 1. The van der Waals surface area contributed by atoms with Crippen molar-refractivity contribution in [2.24, 2.45) is 5.92 Å². The Balaban J connectivity index is 1.60. The van der Waals surface area contributed by atoms with Gasteiger partial charge in [0.15, 0.2) is 0 Å².